The summed E-state index contributed by atoms with van der Waals surface area (Å²) in [7, 11) is 0. The molecule has 1 atom stereocenters. The normalized spacial score (nSPS) is 17.8. The van der Waals surface area contributed by atoms with Crippen LogP contribution < -0.4 is 0 Å². The Hall–Kier alpha value is -2.14. The fourth-order valence-electron chi connectivity index (χ4n) is 2.42. The predicted molar refractivity (Wildman–Crippen MR) is 83.7 cm³/mol. The Balaban J connectivity index is 1.94. The first-order valence-corrected chi connectivity index (χ1v) is 7.52. The quantitative estimate of drug-likeness (QED) is 0.820. The molecule has 0 bridgehead atoms. The summed E-state index contributed by atoms with van der Waals surface area (Å²) < 4.78 is 5.56. The number of hydrogen-bond acceptors (Lipinski definition) is 3. The lowest BCUT2D eigenvalue weighted by atomic mass is 10.1. The molecule has 1 heterocycles. The van der Waals surface area contributed by atoms with Gasteiger partial charge in [0.1, 0.15) is 0 Å². The van der Waals surface area contributed by atoms with E-state index in [1.54, 1.807) is 23.1 Å². The first-order chi connectivity index (χ1) is 10.6. The van der Waals surface area contributed by atoms with Gasteiger partial charge in [0.25, 0.3) is 0 Å². The van der Waals surface area contributed by atoms with E-state index in [1.165, 1.54) is 18.2 Å². The van der Waals surface area contributed by atoms with Gasteiger partial charge in [0.15, 0.2) is 0 Å². The Kier molecular flexibility index (Phi) is 5.72. The number of likely N-dealkylation sites (N-methyl/N-ethyl adjacent to an activating group) is 1. The van der Waals surface area contributed by atoms with Crippen LogP contribution in [0.3, 0.4) is 0 Å². The summed E-state index contributed by atoms with van der Waals surface area (Å²) in [5, 5.41) is 8.84. The SMILES string of the molecule is CCN(CC1CCCO1)C(=O)C=Cc1ccc(C(=O)O)cc1. The van der Waals surface area contributed by atoms with Crippen molar-refractivity contribution < 1.29 is 19.4 Å². The molecule has 118 valence electrons. The Bertz CT molecular complexity index is 544. The van der Waals surface area contributed by atoms with Crippen molar-refractivity contribution in [3.63, 3.8) is 0 Å². The lowest BCUT2D eigenvalue weighted by Crippen LogP contribution is -2.36. The second-order valence-electron chi connectivity index (χ2n) is 5.27. The van der Waals surface area contributed by atoms with E-state index in [4.69, 9.17) is 9.84 Å². The first-order valence-electron chi connectivity index (χ1n) is 7.52. The van der Waals surface area contributed by atoms with E-state index in [1.807, 2.05) is 6.92 Å². The molecule has 1 aromatic rings. The summed E-state index contributed by atoms with van der Waals surface area (Å²) in [6.07, 6.45) is 5.43. The number of carbonyl (C=O) groups is 2. The standard InChI is InChI=1S/C17H21NO4/c1-2-18(12-15-4-3-11-22-15)16(19)10-7-13-5-8-14(9-6-13)17(20)21/h5-10,15H,2-4,11-12H2,1H3,(H,20,21). The monoisotopic (exact) mass is 303 g/mol. The third-order valence-electron chi connectivity index (χ3n) is 3.72. The number of hydrogen-bond donors (Lipinski definition) is 1. The molecule has 22 heavy (non-hydrogen) atoms. The Morgan fingerprint density at radius 2 is 2.09 bits per heavy atom. The molecule has 1 aromatic carbocycles. The van der Waals surface area contributed by atoms with Crippen LogP contribution in [0.1, 0.15) is 35.7 Å². The minimum absolute atomic E-state index is 0.0553. The van der Waals surface area contributed by atoms with Crippen LogP contribution in [0, 0.1) is 0 Å². The highest BCUT2D eigenvalue weighted by molar-refractivity contribution is 5.92. The fourth-order valence-corrected chi connectivity index (χ4v) is 2.42. The zero-order chi connectivity index (χ0) is 15.9. The number of rotatable bonds is 6. The largest absolute Gasteiger partial charge is 0.478 e. The van der Waals surface area contributed by atoms with Crippen LogP contribution in [0.15, 0.2) is 30.3 Å². The van der Waals surface area contributed by atoms with E-state index in [0.29, 0.717) is 13.1 Å². The van der Waals surface area contributed by atoms with Crippen molar-refractivity contribution in [2.75, 3.05) is 19.7 Å². The van der Waals surface area contributed by atoms with E-state index in [-0.39, 0.29) is 17.6 Å². The summed E-state index contributed by atoms with van der Waals surface area (Å²) in [5.74, 6) is -1.01. The fraction of sp³-hybridized carbons (Fsp3) is 0.412. The highest BCUT2D eigenvalue weighted by atomic mass is 16.5. The molecule has 1 fully saturated rings. The van der Waals surface area contributed by atoms with Gasteiger partial charge in [-0.05, 0) is 43.5 Å². The maximum Gasteiger partial charge on any atom is 0.335 e. The molecular formula is C17H21NO4. The lowest BCUT2D eigenvalue weighted by molar-refractivity contribution is -0.127. The van der Waals surface area contributed by atoms with Gasteiger partial charge in [-0.2, -0.15) is 0 Å². The average Bonchev–Trinajstić information content (AvgIpc) is 3.03. The van der Waals surface area contributed by atoms with E-state index >= 15 is 0 Å². The first kappa shape index (κ1) is 16.2. The van der Waals surface area contributed by atoms with Gasteiger partial charge in [-0.25, -0.2) is 4.79 Å². The zero-order valence-corrected chi connectivity index (χ0v) is 12.7. The molecule has 5 nitrogen and oxygen atoms in total. The summed E-state index contributed by atoms with van der Waals surface area (Å²) in [6.45, 7) is 3.99. The van der Waals surface area contributed by atoms with Crippen molar-refractivity contribution in [2.45, 2.75) is 25.9 Å². The molecule has 0 spiro atoms. The van der Waals surface area contributed by atoms with Gasteiger partial charge in [0.05, 0.1) is 11.7 Å². The van der Waals surface area contributed by atoms with Crippen LogP contribution >= 0.6 is 0 Å². The molecule has 2 rings (SSSR count). The van der Waals surface area contributed by atoms with Crippen molar-refractivity contribution in [2.24, 2.45) is 0 Å². The number of aromatic carboxylic acids is 1. The van der Waals surface area contributed by atoms with Crippen molar-refractivity contribution in [3.05, 3.63) is 41.5 Å². The van der Waals surface area contributed by atoms with Crippen molar-refractivity contribution in [1.29, 1.82) is 0 Å². The molecule has 1 aliphatic heterocycles. The topological polar surface area (TPSA) is 66.8 Å². The highest BCUT2D eigenvalue weighted by Crippen LogP contribution is 2.14. The number of nitrogens with zero attached hydrogens (tertiary/aromatic N) is 1. The Labute approximate surface area is 130 Å². The van der Waals surface area contributed by atoms with Crippen LogP contribution in [0.2, 0.25) is 0 Å². The van der Waals surface area contributed by atoms with E-state index in [2.05, 4.69) is 0 Å². The zero-order valence-electron chi connectivity index (χ0n) is 12.7. The molecule has 1 N–H and O–H groups in total. The van der Waals surface area contributed by atoms with E-state index in [9.17, 15) is 9.59 Å². The number of carbonyl (C=O) groups excluding carboxylic acids is 1. The van der Waals surface area contributed by atoms with Crippen LogP contribution in [0.5, 0.6) is 0 Å². The third-order valence-corrected chi connectivity index (χ3v) is 3.72. The van der Waals surface area contributed by atoms with Crippen LogP contribution in [0.4, 0.5) is 0 Å². The summed E-state index contributed by atoms with van der Waals surface area (Å²) in [4.78, 5) is 24.7. The molecule has 1 saturated heterocycles. The molecule has 5 heteroatoms. The number of carboxylic acid groups (broad SMARTS) is 1. The summed E-state index contributed by atoms with van der Waals surface area (Å²) >= 11 is 0. The summed E-state index contributed by atoms with van der Waals surface area (Å²) in [6, 6.07) is 6.42. The average molecular weight is 303 g/mol. The maximum atomic E-state index is 12.2. The smallest absolute Gasteiger partial charge is 0.335 e. The van der Waals surface area contributed by atoms with Gasteiger partial charge in [0.2, 0.25) is 5.91 Å². The number of amides is 1. The molecule has 0 aromatic heterocycles. The highest BCUT2D eigenvalue weighted by Gasteiger charge is 2.20. The van der Waals surface area contributed by atoms with Gasteiger partial charge in [-0.1, -0.05) is 12.1 Å². The van der Waals surface area contributed by atoms with Crippen LogP contribution in [-0.2, 0) is 9.53 Å². The second-order valence-corrected chi connectivity index (χ2v) is 5.27. The van der Waals surface area contributed by atoms with E-state index in [0.717, 1.165) is 25.0 Å². The number of benzene rings is 1. The second kappa shape index (κ2) is 7.75. The van der Waals surface area contributed by atoms with Gasteiger partial charge in [0, 0.05) is 25.8 Å². The van der Waals surface area contributed by atoms with Crippen molar-refractivity contribution in [3.8, 4) is 0 Å². The molecule has 0 saturated carbocycles. The van der Waals surface area contributed by atoms with Gasteiger partial charge >= 0.3 is 5.97 Å². The van der Waals surface area contributed by atoms with Crippen LogP contribution in [-0.4, -0.2) is 47.7 Å². The number of carboxylic acids is 1. The predicted octanol–water partition coefficient (Wildman–Crippen LogP) is 2.43. The van der Waals surface area contributed by atoms with Gasteiger partial charge in [-0.3, -0.25) is 4.79 Å². The third kappa shape index (κ3) is 4.43. The molecule has 0 radical (unpaired) electrons. The molecular weight excluding hydrogens is 282 g/mol. The van der Waals surface area contributed by atoms with Gasteiger partial charge < -0.3 is 14.7 Å². The lowest BCUT2D eigenvalue weighted by Gasteiger charge is -2.22. The summed E-state index contributed by atoms with van der Waals surface area (Å²) in [5.41, 5.74) is 1.03. The minimum atomic E-state index is -0.958. The van der Waals surface area contributed by atoms with Crippen LogP contribution in [0.25, 0.3) is 6.08 Å². The molecule has 1 unspecified atom stereocenters. The maximum absolute atomic E-state index is 12.2. The van der Waals surface area contributed by atoms with Gasteiger partial charge in [-0.15, -0.1) is 0 Å². The Morgan fingerprint density at radius 3 is 2.64 bits per heavy atom. The minimum Gasteiger partial charge on any atom is -0.478 e. The van der Waals surface area contributed by atoms with Crippen molar-refractivity contribution >= 4 is 18.0 Å². The van der Waals surface area contributed by atoms with E-state index < -0.39 is 5.97 Å². The Morgan fingerprint density at radius 1 is 1.36 bits per heavy atom. The molecule has 1 aliphatic rings. The molecule has 0 aliphatic carbocycles. The van der Waals surface area contributed by atoms with Crippen molar-refractivity contribution in [1.82, 2.24) is 4.90 Å². The number of ether oxygens (including phenoxy) is 1. The molecule has 1 amide bonds.